The number of ether oxygens (including phenoxy) is 1. The monoisotopic (exact) mass is 248 g/mol. The molecule has 94 valence electrons. The van der Waals surface area contributed by atoms with E-state index < -0.39 is 12.0 Å². The van der Waals surface area contributed by atoms with E-state index >= 15 is 0 Å². The van der Waals surface area contributed by atoms with Crippen LogP contribution < -0.4 is 4.74 Å². The van der Waals surface area contributed by atoms with E-state index in [9.17, 15) is 4.79 Å². The molecule has 0 amide bonds. The second-order valence-electron chi connectivity index (χ2n) is 3.68. The Kier molecular flexibility index (Phi) is 3.22. The van der Waals surface area contributed by atoms with Crippen molar-refractivity contribution < 1.29 is 14.6 Å². The van der Waals surface area contributed by atoms with Gasteiger partial charge in [-0.25, -0.2) is 4.79 Å². The molecule has 1 aromatic heterocycles. The molecule has 0 aliphatic heterocycles. The fraction of sp³-hybridized carbons (Fsp3) is 0.273. The van der Waals surface area contributed by atoms with Gasteiger partial charge in [0.1, 0.15) is 5.75 Å². The van der Waals surface area contributed by atoms with E-state index in [0.29, 0.717) is 5.82 Å². The van der Waals surface area contributed by atoms with Gasteiger partial charge in [0.2, 0.25) is 5.82 Å². The Hall–Kier alpha value is -2.44. The van der Waals surface area contributed by atoms with Crippen LogP contribution in [0.4, 0.5) is 0 Å². The van der Waals surface area contributed by atoms with E-state index in [1.165, 1.54) is 6.92 Å². The predicted octanol–water partition coefficient (Wildman–Crippen LogP) is 0.994. The number of carboxylic acids is 1. The molecular formula is C11H12N4O3. The second kappa shape index (κ2) is 4.82. The Morgan fingerprint density at radius 1 is 1.39 bits per heavy atom. The summed E-state index contributed by atoms with van der Waals surface area (Å²) in [7, 11) is 1.58. The molecule has 1 aromatic carbocycles. The summed E-state index contributed by atoms with van der Waals surface area (Å²) in [6, 6.07) is 6.27. The Labute approximate surface area is 103 Å². The molecule has 1 N–H and O–H groups in total. The molecule has 2 aromatic rings. The molecule has 2 rings (SSSR count). The summed E-state index contributed by atoms with van der Waals surface area (Å²) < 4.78 is 5.04. The van der Waals surface area contributed by atoms with Crippen molar-refractivity contribution in [2.24, 2.45) is 0 Å². The molecule has 7 nitrogen and oxygen atoms in total. The first kappa shape index (κ1) is 12.0. The van der Waals surface area contributed by atoms with Gasteiger partial charge in [0, 0.05) is 5.56 Å². The molecule has 0 fully saturated rings. The van der Waals surface area contributed by atoms with Crippen LogP contribution in [0.1, 0.15) is 13.0 Å². The molecule has 0 bridgehead atoms. The Balaban J connectivity index is 2.26. The van der Waals surface area contributed by atoms with Gasteiger partial charge in [-0.15, -0.1) is 15.0 Å². The lowest BCUT2D eigenvalue weighted by Crippen LogP contribution is -2.18. The van der Waals surface area contributed by atoms with E-state index in [0.717, 1.165) is 16.1 Å². The van der Waals surface area contributed by atoms with Gasteiger partial charge in [-0.05, 0) is 36.4 Å². The normalized spacial score (nSPS) is 12.1. The Morgan fingerprint density at radius 2 is 2.06 bits per heavy atom. The van der Waals surface area contributed by atoms with Crippen LogP contribution >= 0.6 is 0 Å². The third kappa shape index (κ3) is 2.29. The summed E-state index contributed by atoms with van der Waals surface area (Å²) in [5.41, 5.74) is 0.750. The van der Waals surface area contributed by atoms with Gasteiger partial charge in [-0.2, -0.15) is 0 Å². The number of rotatable bonds is 4. The van der Waals surface area contributed by atoms with Crippen molar-refractivity contribution >= 4 is 5.97 Å². The van der Waals surface area contributed by atoms with Crippen LogP contribution in [0.2, 0.25) is 0 Å². The van der Waals surface area contributed by atoms with Gasteiger partial charge in [-0.1, -0.05) is 0 Å². The quantitative estimate of drug-likeness (QED) is 0.867. The highest BCUT2D eigenvalue weighted by Crippen LogP contribution is 2.18. The van der Waals surface area contributed by atoms with E-state index in [1.807, 2.05) is 0 Å². The maximum atomic E-state index is 10.8. The lowest BCUT2D eigenvalue weighted by Gasteiger charge is -2.02. The van der Waals surface area contributed by atoms with Crippen LogP contribution in [-0.4, -0.2) is 38.4 Å². The topological polar surface area (TPSA) is 90.1 Å². The van der Waals surface area contributed by atoms with Crippen LogP contribution in [-0.2, 0) is 4.79 Å². The number of benzene rings is 1. The molecule has 0 aliphatic rings. The number of tetrazole rings is 1. The van der Waals surface area contributed by atoms with E-state index in [-0.39, 0.29) is 0 Å². The van der Waals surface area contributed by atoms with Crippen molar-refractivity contribution in [1.82, 2.24) is 20.2 Å². The van der Waals surface area contributed by atoms with Crippen molar-refractivity contribution in [3.05, 3.63) is 24.3 Å². The minimum absolute atomic E-state index is 0.380. The third-order valence-corrected chi connectivity index (χ3v) is 2.48. The minimum Gasteiger partial charge on any atom is -0.497 e. The zero-order valence-corrected chi connectivity index (χ0v) is 9.94. The van der Waals surface area contributed by atoms with E-state index in [1.54, 1.807) is 31.4 Å². The number of aliphatic carboxylic acids is 1. The number of hydrogen-bond acceptors (Lipinski definition) is 5. The SMILES string of the molecule is COc1ccc(-c2nnn(C(C)C(=O)O)n2)cc1. The zero-order chi connectivity index (χ0) is 13.1. The van der Waals surface area contributed by atoms with E-state index in [4.69, 9.17) is 9.84 Å². The molecule has 1 heterocycles. The van der Waals surface area contributed by atoms with Gasteiger partial charge in [0.25, 0.3) is 0 Å². The van der Waals surface area contributed by atoms with E-state index in [2.05, 4.69) is 15.4 Å². The molecular weight excluding hydrogens is 236 g/mol. The molecule has 0 radical (unpaired) electrons. The van der Waals surface area contributed by atoms with Gasteiger partial charge >= 0.3 is 5.97 Å². The summed E-state index contributed by atoms with van der Waals surface area (Å²) in [5, 5.41) is 20.4. The molecule has 18 heavy (non-hydrogen) atoms. The number of carboxylic acid groups (broad SMARTS) is 1. The third-order valence-electron chi connectivity index (χ3n) is 2.48. The molecule has 0 saturated heterocycles. The predicted molar refractivity (Wildman–Crippen MR) is 62.2 cm³/mol. The minimum atomic E-state index is -1.01. The maximum absolute atomic E-state index is 10.8. The van der Waals surface area contributed by atoms with Gasteiger partial charge in [-0.3, -0.25) is 0 Å². The van der Waals surface area contributed by atoms with Gasteiger partial charge in [0.15, 0.2) is 6.04 Å². The van der Waals surface area contributed by atoms with Crippen molar-refractivity contribution in [3.8, 4) is 17.1 Å². The summed E-state index contributed by atoms with van der Waals surface area (Å²) in [6.45, 7) is 1.49. The summed E-state index contributed by atoms with van der Waals surface area (Å²) in [5.74, 6) is 0.101. The zero-order valence-electron chi connectivity index (χ0n) is 9.94. The number of nitrogens with zero attached hydrogens (tertiary/aromatic N) is 4. The first-order chi connectivity index (χ1) is 8.61. The number of hydrogen-bond donors (Lipinski definition) is 1. The smallest absolute Gasteiger partial charge is 0.330 e. The summed E-state index contributed by atoms with van der Waals surface area (Å²) in [6.07, 6.45) is 0. The van der Waals surface area contributed by atoms with Gasteiger partial charge in [0.05, 0.1) is 7.11 Å². The van der Waals surface area contributed by atoms with Crippen LogP contribution in [0.5, 0.6) is 5.75 Å². The van der Waals surface area contributed by atoms with Crippen LogP contribution in [0.25, 0.3) is 11.4 Å². The molecule has 7 heteroatoms. The lowest BCUT2D eigenvalue weighted by atomic mass is 10.2. The highest BCUT2D eigenvalue weighted by atomic mass is 16.5. The summed E-state index contributed by atoms with van der Waals surface area (Å²) in [4.78, 5) is 11.9. The average Bonchev–Trinajstić information content (AvgIpc) is 2.87. The van der Waals surface area contributed by atoms with Gasteiger partial charge < -0.3 is 9.84 Å². The highest BCUT2D eigenvalue weighted by molar-refractivity contribution is 5.71. The standard InChI is InChI=1S/C11H12N4O3/c1-7(11(16)17)15-13-10(12-14-15)8-3-5-9(18-2)6-4-8/h3-7H,1-2H3,(H,16,17). The van der Waals surface area contributed by atoms with Crippen molar-refractivity contribution in [3.63, 3.8) is 0 Å². The van der Waals surface area contributed by atoms with Crippen molar-refractivity contribution in [2.45, 2.75) is 13.0 Å². The summed E-state index contributed by atoms with van der Waals surface area (Å²) >= 11 is 0. The fourth-order valence-corrected chi connectivity index (χ4v) is 1.34. The number of carbonyl (C=O) groups is 1. The molecule has 0 saturated carbocycles. The molecule has 0 aliphatic carbocycles. The number of methoxy groups -OCH3 is 1. The number of aromatic nitrogens is 4. The first-order valence-electron chi connectivity index (χ1n) is 5.28. The molecule has 1 unspecified atom stereocenters. The average molecular weight is 248 g/mol. The van der Waals surface area contributed by atoms with Crippen molar-refractivity contribution in [2.75, 3.05) is 7.11 Å². The van der Waals surface area contributed by atoms with Crippen LogP contribution in [0, 0.1) is 0 Å². The van der Waals surface area contributed by atoms with Crippen LogP contribution in [0.15, 0.2) is 24.3 Å². The Bertz CT molecular complexity index is 550. The fourth-order valence-electron chi connectivity index (χ4n) is 1.34. The molecule has 1 atom stereocenters. The Morgan fingerprint density at radius 3 is 2.61 bits per heavy atom. The highest BCUT2D eigenvalue weighted by Gasteiger charge is 2.17. The largest absolute Gasteiger partial charge is 0.497 e. The maximum Gasteiger partial charge on any atom is 0.330 e. The molecule has 0 spiro atoms. The lowest BCUT2D eigenvalue weighted by molar-refractivity contribution is -0.141. The van der Waals surface area contributed by atoms with Crippen LogP contribution in [0.3, 0.4) is 0 Å². The second-order valence-corrected chi connectivity index (χ2v) is 3.68. The first-order valence-corrected chi connectivity index (χ1v) is 5.28. The van der Waals surface area contributed by atoms with Crippen molar-refractivity contribution in [1.29, 1.82) is 0 Å².